The van der Waals surface area contributed by atoms with Crippen molar-refractivity contribution in [3.05, 3.63) is 88.9 Å². The van der Waals surface area contributed by atoms with Gasteiger partial charge in [0.15, 0.2) is 0 Å². The van der Waals surface area contributed by atoms with E-state index < -0.39 is 28.5 Å². The van der Waals surface area contributed by atoms with Gasteiger partial charge in [-0.05, 0) is 61.4 Å². The Morgan fingerprint density at radius 2 is 1.70 bits per heavy atom. The lowest BCUT2D eigenvalue weighted by Crippen LogP contribution is -2.50. The summed E-state index contributed by atoms with van der Waals surface area (Å²) in [6.45, 7) is 2.82. The van der Waals surface area contributed by atoms with E-state index in [1.54, 1.807) is 74.5 Å². The average molecular weight is 544 g/mol. The van der Waals surface area contributed by atoms with Crippen molar-refractivity contribution >= 4 is 39.1 Å². The van der Waals surface area contributed by atoms with E-state index in [2.05, 4.69) is 5.32 Å². The molecule has 0 saturated heterocycles. The Morgan fingerprint density at radius 1 is 1.03 bits per heavy atom. The van der Waals surface area contributed by atoms with Crippen LogP contribution in [0.25, 0.3) is 0 Å². The third-order valence-electron chi connectivity index (χ3n) is 6.02. The van der Waals surface area contributed by atoms with Crippen LogP contribution >= 0.6 is 11.6 Å². The summed E-state index contributed by atoms with van der Waals surface area (Å²) in [5.74, 6) is -0.342. The first-order chi connectivity index (χ1) is 17.6. The Labute approximate surface area is 222 Å². The first kappa shape index (κ1) is 28.0. The smallest absolute Gasteiger partial charge is 0.264 e. The molecule has 0 heterocycles. The van der Waals surface area contributed by atoms with E-state index >= 15 is 0 Å². The highest BCUT2D eigenvalue weighted by Crippen LogP contribution is 2.31. The SMILES string of the molecule is CNC(=O)[C@@H](C)N(Cc1cccc(OC)c1)C(=O)CN(c1cccc(Cl)c1C)S(=O)(=O)c1ccccc1. The lowest BCUT2D eigenvalue weighted by Gasteiger charge is -2.32. The number of benzene rings is 3. The molecule has 10 heteroatoms. The van der Waals surface area contributed by atoms with Crippen molar-refractivity contribution in [1.29, 1.82) is 0 Å². The summed E-state index contributed by atoms with van der Waals surface area (Å²) < 4.78 is 33.9. The molecule has 0 aliphatic carbocycles. The average Bonchev–Trinajstić information content (AvgIpc) is 2.91. The molecule has 3 rings (SSSR count). The van der Waals surface area contributed by atoms with Crippen LogP contribution in [0.1, 0.15) is 18.1 Å². The van der Waals surface area contributed by atoms with Gasteiger partial charge in [-0.1, -0.05) is 48.0 Å². The molecule has 0 aliphatic heterocycles. The van der Waals surface area contributed by atoms with Crippen molar-refractivity contribution in [1.82, 2.24) is 10.2 Å². The minimum absolute atomic E-state index is 0.0286. The van der Waals surface area contributed by atoms with E-state index in [1.165, 1.54) is 31.2 Å². The van der Waals surface area contributed by atoms with Gasteiger partial charge in [-0.3, -0.25) is 13.9 Å². The van der Waals surface area contributed by atoms with Crippen LogP contribution in [-0.2, 0) is 26.2 Å². The summed E-state index contributed by atoms with van der Waals surface area (Å²) in [6.07, 6.45) is 0. The van der Waals surface area contributed by atoms with E-state index in [1.807, 2.05) is 0 Å². The molecule has 37 heavy (non-hydrogen) atoms. The molecule has 0 aliphatic rings. The second-order valence-corrected chi connectivity index (χ2v) is 10.6. The monoisotopic (exact) mass is 543 g/mol. The molecule has 0 aromatic heterocycles. The molecule has 1 N–H and O–H groups in total. The van der Waals surface area contributed by atoms with Gasteiger partial charge in [-0.25, -0.2) is 8.42 Å². The lowest BCUT2D eigenvalue weighted by molar-refractivity contribution is -0.139. The van der Waals surface area contributed by atoms with Gasteiger partial charge in [0, 0.05) is 18.6 Å². The molecule has 3 aromatic rings. The maximum atomic E-state index is 13.8. The van der Waals surface area contributed by atoms with Crippen LogP contribution in [0, 0.1) is 6.92 Å². The van der Waals surface area contributed by atoms with Gasteiger partial charge < -0.3 is 15.0 Å². The second-order valence-electron chi connectivity index (χ2n) is 8.37. The Hall–Kier alpha value is -3.56. The minimum atomic E-state index is -4.15. The second kappa shape index (κ2) is 12.1. The number of anilines is 1. The summed E-state index contributed by atoms with van der Waals surface area (Å²) in [4.78, 5) is 27.7. The summed E-state index contributed by atoms with van der Waals surface area (Å²) in [5.41, 5.74) is 1.51. The zero-order valence-corrected chi connectivity index (χ0v) is 22.7. The van der Waals surface area contributed by atoms with E-state index in [0.29, 0.717) is 16.3 Å². The van der Waals surface area contributed by atoms with Gasteiger partial charge in [-0.2, -0.15) is 0 Å². The van der Waals surface area contributed by atoms with Crippen molar-refractivity contribution in [3.8, 4) is 5.75 Å². The number of methoxy groups -OCH3 is 1. The molecule has 2 amide bonds. The predicted molar refractivity (Wildman–Crippen MR) is 144 cm³/mol. The molecule has 0 spiro atoms. The van der Waals surface area contributed by atoms with Gasteiger partial charge in [0.05, 0.1) is 17.7 Å². The topological polar surface area (TPSA) is 96.0 Å². The van der Waals surface area contributed by atoms with Crippen molar-refractivity contribution < 1.29 is 22.7 Å². The molecule has 0 bridgehead atoms. The van der Waals surface area contributed by atoms with Crippen LogP contribution < -0.4 is 14.4 Å². The first-order valence-corrected chi connectivity index (χ1v) is 13.4. The van der Waals surface area contributed by atoms with E-state index in [4.69, 9.17) is 16.3 Å². The van der Waals surface area contributed by atoms with E-state index in [0.717, 1.165) is 9.87 Å². The van der Waals surface area contributed by atoms with Crippen LogP contribution in [0.3, 0.4) is 0 Å². The number of amides is 2. The highest BCUT2D eigenvalue weighted by Gasteiger charge is 2.33. The normalized spacial score (nSPS) is 11.9. The maximum Gasteiger partial charge on any atom is 0.264 e. The van der Waals surface area contributed by atoms with Gasteiger partial charge in [0.1, 0.15) is 18.3 Å². The standard InChI is InChI=1S/C27H30ClN3O5S/c1-19-24(28)14-9-15-25(19)31(37(34,35)23-12-6-5-7-13-23)18-26(32)30(20(2)27(33)29-3)17-21-10-8-11-22(16-21)36-4/h5-16,20H,17-18H2,1-4H3,(H,29,33)/t20-/m1/s1. The number of halogens is 1. The zero-order valence-electron chi connectivity index (χ0n) is 21.1. The number of ether oxygens (including phenoxy) is 1. The largest absolute Gasteiger partial charge is 0.497 e. The minimum Gasteiger partial charge on any atom is -0.497 e. The van der Waals surface area contributed by atoms with Crippen LogP contribution in [0.2, 0.25) is 5.02 Å². The number of hydrogen-bond acceptors (Lipinski definition) is 5. The quantitative estimate of drug-likeness (QED) is 0.417. The highest BCUT2D eigenvalue weighted by molar-refractivity contribution is 7.92. The molecule has 196 valence electrons. The fraction of sp³-hybridized carbons (Fsp3) is 0.259. The van der Waals surface area contributed by atoms with Crippen LogP contribution in [-0.4, -0.2) is 51.9 Å². The number of carbonyl (C=O) groups excluding carboxylic acids is 2. The molecule has 0 unspecified atom stereocenters. The number of sulfonamides is 1. The number of rotatable bonds is 10. The Kier molecular flexibility index (Phi) is 9.18. The number of carbonyl (C=O) groups is 2. The zero-order chi connectivity index (χ0) is 27.2. The van der Waals surface area contributed by atoms with Crippen molar-refractivity contribution in [2.24, 2.45) is 0 Å². The highest BCUT2D eigenvalue weighted by atomic mass is 35.5. The number of nitrogens with zero attached hydrogens (tertiary/aromatic N) is 2. The summed E-state index contributed by atoms with van der Waals surface area (Å²) in [6, 6.07) is 19.0. The molecule has 0 fully saturated rings. The Morgan fingerprint density at radius 3 is 2.35 bits per heavy atom. The molecule has 0 radical (unpaired) electrons. The Balaban J connectivity index is 2.07. The fourth-order valence-corrected chi connectivity index (χ4v) is 5.52. The summed E-state index contributed by atoms with van der Waals surface area (Å²) >= 11 is 6.32. The van der Waals surface area contributed by atoms with Gasteiger partial charge in [-0.15, -0.1) is 0 Å². The fourth-order valence-electron chi connectivity index (χ4n) is 3.86. The van der Waals surface area contributed by atoms with E-state index in [-0.39, 0.29) is 23.0 Å². The van der Waals surface area contributed by atoms with Gasteiger partial charge >= 0.3 is 0 Å². The maximum absolute atomic E-state index is 13.8. The third-order valence-corrected chi connectivity index (χ3v) is 8.20. The first-order valence-electron chi connectivity index (χ1n) is 11.6. The molecular weight excluding hydrogens is 514 g/mol. The third kappa shape index (κ3) is 6.42. The van der Waals surface area contributed by atoms with Crippen LogP contribution in [0.5, 0.6) is 5.75 Å². The van der Waals surface area contributed by atoms with Crippen LogP contribution in [0.15, 0.2) is 77.7 Å². The molecule has 0 saturated carbocycles. The van der Waals surface area contributed by atoms with Gasteiger partial charge in [0.2, 0.25) is 11.8 Å². The van der Waals surface area contributed by atoms with Crippen molar-refractivity contribution in [3.63, 3.8) is 0 Å². The van der Waals surface area contributed by atoms with Gasteiger partial charge in [0.25, 0.3) is 10.0 Å². The molecule has 8 nitrogen and oxygen atoms in total. The predicted octanol–water partition coefficient (Wildman–Crippen LogP) is 4.02. The Bertz CT molecular complexity index is 1370. The van der Waals surface area contributed by atoms with E-state index in [9.17, 15) is 18.0 Å². The van der Waals surface area contributed by atoms with Crippen molar-refractivity contribution in [2.75, 3.05) is 25.0 Å². The number of hydrogen-bond donors (Lipinski definition) is 1. The molecule has 3 aromatic carbocycles. The molecule has 1 atom stereocenters. The van der Waals surface area contributed by atoms with Crippen LogP contribution in [0.4, 0.5) is 5.69 Å². The lowest BCUT2D eigenvalue weighted by atomic mass is 10.1. The number of nitrogens with one attached hydrogen (secondary N) is 1. The molecular formula is C27H30ClN3O5S. The summed E-state index contributed by atoms with van der Waals surface area (Å²) in [7, 11) is -1.13. The summed E-state index contributed by atoms with van der Waals surface area (Å²) in [5, 5.41) is 2.93. The van der Waals surface area contributed by atoms with Crippen molar-refractivity contribution in [2.45, 2.75) is 31.3 Å². The number of likely N-dealkylation sites (N-methyl/N-ethyl adjacent to an activating group) is 1.